The maximum Gasteiger partial charge on any atom is 0.360 e. The minimum atomic E-state index is -1.74. The van der Waals surface area contributed by atoms with Crippen molar-refractivity contribution in [3.63, 3.8) is 0 Å². The molecule has 0 fully saturated rings. The first kappa shape index (κ1) is 42.2. The highest BCUT2D eigenvalue weighted by Gasteiger charge is 2.38. The fourth-order valence-electron chi connectivity index (χ4n) is 6.85. The van der Waals surface area contributed by atoms with E-state index in [-0.39, 0.29) is 22.8 Å². The van der Waals surface area contributed by atoms with Gasteiger partial charge in [-0.15, -0.1) is 11.3 Å². The summed E-state index contributed by atoms with van der Waals surface area (Å²) in [5.41, 5.74) is 2.41. The van der Waals surface area contributed by atoms with Crippen LogP contribution in [0.15, 0.2) is 180 Å². The first-order chi connectivity index (χ1) is 30.1. The van der Waals surface area contributed by atoms with Crippen molar-refractivity contribution < 1.29 is 43.3 Å². The van der Waals surface area contributed by atoms with Crippen LogP contribution in [0.3, 0.4) is 0 Å². The third-order valence-corrected chi connectivity index (χ3v) is 10.3. The lowest BCUT2D eigenvalue weighted by atomic mass is 9.77. The number of thiazole rings is 1. The maximum atomic E-state index is 14.4. The van der Waals surface area contributed by atoms with E-state index in [0.29, 0.717) is 16.3 Å². The largest absolute Gasteiger partial charge is 0.476 e. The second kappa shape index (κ2) is 19.4. The molecule has 1 aromatic heterocycles. The number of aromatic nitrogens is 1. The molecule has 0 spiro atoms. The van der Waals surface area contributed by atoms with Crippen LogP contribution in [0, 0.1) is 0 Å². The Morgan fingerprint density at radius 1 is 0.629 bits per heavy atom. The molecule has 0 aliphatic rings. The minimum Gasteiger partial charge on any atom is -0.476 e. The summed E-state index contributed by atoms with van der Waals surface area (Å²) in [5.74, 6) is -4.20. The van der Waals surface area contributed by atoms with E-state index >= 15 is 0 Å². The van der Waals surface area contributed by atoms with Gasteiger partial charge >= 0.3 is 23.9 Å². The molecule has 13 heteroatoms. The molecule has 1 unspecified atom stereocenters. The molecule has 1 atom stereocenters. The molecule has 0 saturated carbocycles. The summed E-state index contributed by atoms with van der Waals surface area (Å²) < 4.78 is 16.7. The average Bonchev–Trinajstić information content (AvgIpc) is 3.75. The second-order valence-electron chi connectivity index (χ2n) is 13.8. The van der Waals surface area contributed by atoms with Gasteiger partial charge in [-0.1, -0.05) is 163 Å². The number of carboxylic acids is 1. The lowest BCUT2D eigenvalue weighted by molar-refractivity contribution is -0.162. The zero-order valence-corrected chi connectivity index (χ0v) is 34.2. The van der Waals surface area contributed by atoms with Crippen LogP contribution in [-0.2, 0) is 34.3 Å². The Hall–Kier alpha value is -7.90. The smallest absolute Gasteiger partial charge is 0.360 e. The molecule has 7 rings (SSSR count). The Kier molecular flexibility index (Phi) is 13.2. The summed E-state index contributed by atoms with van der Waals surface area (Å²) in [5, 5.41) is 20.1. The Balaban J connectivity index is 1.28. The summed E-state index contributed by atoms with van der Waals surface area (Å²) in [6, 6.07) is 51.5. The van der Waals surface area contributed by atoms with Crippen LogP contribution >= 0.6 is 11.3 Å². The van der Waals surface area contributed by atoms with Gasteiger partial charge in [0.05, 0.1) is 0 Å². The molecule has 62 heavy (non-hydrogen) atoms. The quantitative estimate of drug-likeness (QED) is 0.0313. The zero-order valence-electron chi connectivity index (χ0n) is 33.4. The van der Waals surface area contributed by atoms with E-state index < -0.39 is 47.3 Å². The van der Waals surface area contributed by atoms with Gasteiger partial charge in [0.1, 0.15) is 11.2 Å². The zero-order chi connectivity index (χ0) is 43.5. The van der Waals surface area contributed by atoms with Gasteiger partial charge in [0.25, 0.3) is 0 Å². The molecule has 7 aromatic rings. The molecular weight excluding hydrogens is 807 g/mol. The number of ether oxygens (including phenoxy) is 3. The predicted molar refractivity (Wildman–Crippen MR) is 233 cm³/mol. The summed E-state index contributed by atoms with van der Waals surface area (Å²) in [7, 11) is 0. The van der Waals surface area contributed by atoms with Gasteiger partial charge in [-0.2, -0.15) is 0 Å². The molecule has 0 saturated heterocycles. The fraction of sp³-hybridized carbons (Fsp3) is 0.102. The first-order valence-electron chi connectivity index (χ1n) is 19.3. The topological polar surface area (TPSA) is 163 Å². The molecule has 0 aliphatic carbocycles. The van der Waals surface area contributed by atoms with E-state index in [1.54, 1.807) is 48.5 Å². The van der Waals surface area contributed by atoms with Crippen LogP contribution in [0.2, 0.25) is 0 Å². The average molecular weight is 846 g/mol. The highest BCUT2D eigenvalue weighted by Crippen LogP contribution is 2.41. The lowest BCUT2D eigenvalue weighted by Gasteiger charge is -2.36. The number of esters is 3. The van der Waals surface area contributed by atoms with Crippen molar-refractivity contribution in [2.24, 2.45) is 5.16 Å². The van der Waals surface area contributed by atoms with Gasteiger partial charge < -0.3 is 29.5 Å². The van der Waals surface area contributed by atoms with Crippen molar-refractivity contribution in [2.45, 2.75) is 31.6 Å². The van der Waals surface area contributed by atoms with E-state index in [1.165, 1.54) is 30.5 Å². The minimum absolute atomic E-state index is 0.0366. The number of hydrogen-bond donors (Lipinski definition) is 2. The summed E-state index contributed by atoms with van der Waals surface area (Å²) >= 11 is 1.16. The van der Waals surface area contributed by atoms with Crippen LogP contribution in [-0.4, -0.2) is 39.7 Å². The molecule has 1 heterocycles. The molecular formula is C49H39N3O9S. The van der Waals surface area contributed by atoms with E-state index in [9.17, 15) is 24.3 Å². The third-order valence-electron chi connectivity index (χ3n) is 9.54. The molecule has 12 nitrogen and oxygen atoms in total. The molecule has 0 aliphatic heterocycles. The maximum absolute atomic E-state index is 14.4. The number of nitrogens with zero attached hydrogens (tertiary/aromatic N) is 2. The van der Waals surface area contributed by atoms with Crippen molar-refractivity contribution in [2.75, 3.05) is 5.32 Å². The number of oxime groups is 1. The summed E-state index contributed by atoms with van der Waals surface area (Å²) in [6.07, 6.45) is -2.66. The van der Waals surface area contributed by atoms with E-state index in [2.05, 4.69) is 10.5 Å². The Morgan fingerprint density at radius 3 is 1.56 bits per heavy atom. The van der Waals surface area contributed by atoms with Crippen LogP contribution in [0.1, 0.15) is 65.1 Å². The van der Waals surface area contributed by atoms with Gasteiger partial charge in [-0.05, 0) is 39.9 Å². The van der Waals surface area contributed by atoms with Crippen molar-refractivity contribution >= 4 is 46.1 Å². The number of carboxylic acid groups (broad SMARTS) is 1. The molecule has 0 bridgehead atoms. The van der Waals surface area contributed by atoms with Crippen LogP contribution in [0.4, 0.5) is 5.13 Å². The standard InChI is InChI=1S/C49H39N3O9S/c1-32(53)58-41-29-28-36(30-42(41)59-33(2)54)45(47(57)60-44(34-18-8-3-9-19-34)35-20-10-4-11-21-35)61-52-43(46(55)56)40-31-62-48(50-40)51-49(37-22-12-5-13-23-37,38-24-14-6-15-25-38)39-26-16-7-17-27-39/h3-31,44-45H,1-2H3,(H,50,51)(H,55,56)/b52-43-. The number of hydrogen-bond acceptors (Lipinski definition) is 12. The Labute approximate surface area is 361 Å². The number of rotatable bonds is 16. The summed E-state index contributed by atoms with van der Waals surface area (Å²) in [4.78, 5) is 61.9. The van der Waals surface area contributed by atoms with E-state index in [1.807, 2.05) is 103 Å². The molecule has 6 aromatic carbocycles. The highest BCUT2D eigenvalue weighted by atomic mass is 32.1. The molecule has 0 radical (unpaired) electrons. The second-order valence-corrected chi connectivity index (χ2v) is 14.6. The summed E-state index contributed by atoms with van der Waals surface area (Å²) in [6.45, 7) is 2.33. The number of anilines is 1. The fourth-order valence-corrected chi connectivity index (χ4v) is 7.60. The Morgan fingerprint density at radius 2 is 1.10 bits per heavy atom. The van der Waals surface area contributed by atoms with Crippen molar-refractivity contribution in [1.82, 2.24) is 4.98 Å². The Bertz CT molecular complexity index is 2540. The first-order valence-corrected chi connectivity index (χ1v) is 20.2. The number of aliphatic carboxylic acids is 1. The SMILES string of the molecule is CC(=O)Oc1ccc(C(O/N=C(\C(=O)O)c2csc(NC(c3ccccc3)(c3ccccc3)c3ccccc3)n2)C(=O)OC(c2ccccc2)c2ccccc2)cc1OC(C)=O. The molecule has 2 N–H and O–H groups in total. The normalized spacial score (nSPS) is 11.9. The lowest BCUT2D eigenvalue weighted by Crippen LogP contribution is -2.38. The third kappa shape index (κ3) is 9.75. The van der Waals surface area contributed by atoms with E-state index in [0.717, 1.165) is 35.0 Å². The number of nitrogens with one attached hydrogen (secondary N) is 1. The van der Waals surface area contributed by atoms with Gasteiger partial charge in [0.15, 0.2) is 22.7 Å². The highest BCUT2D eigenvalue weighted by molar-refractivity contribution is 7.14. The van der Waals surface area contributed by atoms with Gasteiger partial charge in [0.2, 0.25) is 11.8 Å². The van der Waals surface area contributed by atoms with Crippen LogP contribution < -0.4 is 14.8 Å². The monoisotopic (exact) mass is 845 g/mol. The van der Waals surface area contributed by atoms with E-state index in [4.69, 9.17) is 24.0 Å². The van der Waals surface area contributed by atoms with Gasteiger partial charge in [-0.3, -0.25) is 9.59 Å². The van der Waals surface area contributed by atoms with Crippen molar-refractivity contribution in [3.05, 3.63) is 214 Å². The van der Waals surface area contributed by atoms with Crippen molar-refractivity contribution in [3.8, 4) is 11.5 Å². The van der Waals surface area contributed by atoms with Crippen molar-refractivity contribution in [1.29, 1.82) is 0 Å². The predicted octanol–water partition coefficient (Wildman–Crippen LogP) is 9.28. The number of carbonyl (C=O) groups is 4. The van der Waals surface area contributed by atoms with Gasteiger partial charge in [0, 0.05) is 24.8 Å². The number of benzene rings is 6. The number of carbonyl (C=O) groups excluding carboxylic acids is 3. The molecule has 310 valence electrons. The van der Waals surface area contributed by atoms with Gasteiger partial charge in [-0.25, -0.2) is 14.6 Å². The van der Waals surface area contributed by atoms with Crippen LogP contribution in [0.25, 0.3) is 0 Å². The molecule has 0 amide bonds. The van der Waals surface area contributed by atoms with Crippen LogP contribution in [0.5, 0.6) is 11.5 Å².